The van der Waals surface area contributed by atoms with Crippen LogP contribution in [-0.4, -0.2) is 36.9 Å². The summed E-state index contributed by atoms with van der Waals surface area (Å²) < 4.78 is 28.3. The highest BCUT2D eigenvalue weighted by molar-refractivity contribution is 7.91. The summed E-state index contributed by atoms with van der Waals surface area (Å²) in [4.78, 5) is 15.2. The zero-order chi connectivity index (χ0) is 20.4. The van der Waals surface area contributed by atoms with Crippen LogP contribution in [0.3, 0.4) is 0 Å². The standard InChI is InChI=1S/C22H23ClN2O3S/c23-17-9-11-18(12-10-17)29(27,28)21-15-25(20-8-4-3-7-19(20)21)16-22(26)24-13-5-1-2-6-14-24/h3-4,7-12,15H,1-2,5-6,13-14,16H2. The van der Waals surface area contributed by atoms with Crippen molar-refractivity contribution < 1.29 is 13.2 Å². The molecule has 7 heteroatoms. The molecule has 0 saturated carbocycles. The lowest BCUT2D eigenvalue weighted by molar-refractivity contribution is -0.131. The minimum atomic E-state index is -3.73. The molecule has 4 rings (SSSR count). The summed E-state index contributed by atoms with van der Waals surface area (Å²) in [7, 11) is -3.73. The van der Waals surface area contributed by atoms with E-state index in [-0.39, 0.29) is 22.2 Å². The Morgan fingerprint density at radius 1 is 0.931 bits per heavy atom. The predicted octanol–water partition coefficient (Wildman–Crippen LogP) is 4.53. The van der Waals surface area contributed by atoms with Crippen LogP contribution in [0.15, 0.2) is 64.5 Å². The van der Waals surface area contributed by atoms with Crippen LogP contribution in [0.25, 0.3) is 10.9 Å². The van der Waals surface area contributed by atoms with E-state index in [1.165, 1.54) is 12.1 Å². The molecule has 1 saturated heterocycles. The molecular weight excluding hydrogens is 408 g/mol. The molecular formula is C22H23ClN2O3S. The lowest BCUT2D eigenvalue weighted by atomic mass is 10.2. The second kappa shape index (κ2) is 8.20. The summed E-state index contributed by atoms with van der Waals surface area (Å²) in [5.74, 6) is 0.0306. The van der Waals surface area contributed by atoms with Crippen molar-refractivity contribution in [2.45, 2.75) is 42.0 Å². The van der Waals surface area contributed by atoms with Crippen molar-refractivity contribution in [1.82, 2.24) is 9.47 Å². The molecule has 0 spiro atoms. The molecule has 1 aliphatic heterocycles. The number of benzene rings is 2. The van der Waals surface area contributed by atoms with E-state index < -0.39 is 9.84 Å². The summed E-state index contributed by atoms with van der Waals surface area (Å²) in [6.45, 7) is 1.68. The van der Waals surface area contributed by atoms with Gasteiger partial charge in [0.15, 0.2) is 0 Å². The topological polar surface area (TPSA) is 59.4 Å². The summed E-state index contributed by atoms with van der Waals surface area (Å²) in [6, 6.07) is 13.4. The first-order valence-electron chi connectivity index (χ1n) is 9.83. The van der Waals surface area contributed by atoms with E-state index in [4.69, 9.17) is 11.6 Å². The highest BCUT2D eigenvalue weighted by atomic mass is 35.5. The Kier molecular flexibility index (Phi) is 5.65. The van der Waals surface area contributed by atoms with Crippen molar-refractivity contribution >= 4 is 38.2 Å². The highest BCUT2D eigenvalue weighted by Gasteiger charge is 2.25. The lowest BCUT2D eigenvalue weighted by Gasteiger charge is -2.20. The van der Waals surface area contributed by atoms with Crippen LogP contribution in [0.1, 0.15) is 25.7 Å². The van der Waals surface area contributed by atoms with Crippen molar-refractivity contribution in [3.05, 3.63) is 59.8 Å². The van der Waals surface area contributed by atoms with Crippen LogP contribution in [0.2, 0.25) is 5.02 Å². The average Bonchev–Trinajstić information content (AvgIpc) is 2.89. The minimum Gasteiger partial charge on any atom is -0.341 e. The molecule has 0 bridgehead atoms. The van der Waals surface area contributed by atoms with Crippen LogP contribution in [0.5, 0.6) is 0 Å². The van der Waals surface area contributed by atoms with Gasteiger partial charge >= 0.3 is 0 Å². The van der Waals surface area contributed by atoms with Gasteiger partial charge in [-0.05, 0) is 43.2 Å². The number of nitrogens with zero attached hydrogens (tertiary/aromatic N) is 2. The fourth-order valence-corrected chi connectivity index (χ4v) is 5.47. The normalized spacial score (nSPS) is 15.4. The fraction of sp³-hybridized carbons (Fsp3) is 0.318. The van der Waals surface area contributed by atoms with Crippen molar-refractivity contribution in [1.29, 1.82) is 0 Å². The monoisotopic (exact) mass is 430 g/mol. The zero-order valence-electron chi connectivity index (χ0n) is 16.1. The average molecular weight is 431 g/mol. The predicted molar refractivity (Wildman–Crippen MR) is 114 cm³/mol. The maximum Gasteiger partial charge on any atom is 0.242 e. The quantitative estimate of drug-likeness (QED) is 0.611. The molecule has 1 aliphatic rings. The molecule has 0 unspecified atom stereocenters. The van der Waals surface area contributed by atoms with Gasteiger partial charge in [-0.1, -0.05) is 42.6 Å². The molecule has 29 heavy (non-hydrogen) atoms. The summed E-state index contributed by atoms with van der Waals surface area (Å²) in [6.07, 6.45) is 5.94. The second-order valence-corrected chi connectivity index (χ2v) is 9.75. The molecule has 152 valence electrons. The van der Waals surface area contributed by atoms with Gasteiger partial charge < -0.3 is 9.47 Å². The number of para-hydroxylation sites is 1. The maximum absolute atomic E-state index is 13.3. The third kappa shape index (κ3) is 4.05. The summed E-state index contributed by atoms with van der Waals surface area (Å²) in [5, 5.41) is 1.10. The van der Waals surface area contributed by atoms with E-state index >= 15 is 0 Å². The number of carbonyl (C=O) groups is 1. The maximum atomic E-state index is 13.3. The Hall–Kier alpha value is -2.31. The van der Waals surface area contributed by atoms with Gasteiger partial charge in [0.1, 0.15) is 6.54 Å². The number of amides is 1. The van der Waals surface area contributed by atoms with E-state index in [2.05, 4.69) is 0 Å². The zero-order valence-corrected chi connectivity index (χ0v) is 17.6. The first-order valence-corrected chi connectivity index (χ1v) is 11.7. The smallest absolute Gasteiger partial charge is 0.242 e. The molecule has 0 aliphatic carbocycles. The molecule has 1 aromatic heterocycles. The largest absolute Gasteiger partial charge is 0.341 e. The number of likely N-dealkylation sites (tertiary alicyclic amines) is 1. The van der Waals surface area contributed by atoms with Crippen molar-refractivity contribution in [2.24, 2.45) is 0 Å². The van der Waals surface area contributed by atoms with Crippen LogP contribution in [0.4, 0.5) is 0 Å². The fourth-order valence-electron chi connectivity index (χ4n) is 3.86. The molecule has 0 atom stereocenters. The molecule has 1 amide bonds. The van der Waals surface area contributed by atoms with Crippen LogP contribution in [0, 0.1) is 0 Å². The number of fused-ring (bicyclic) bond motifs is 1. The molecule has 0 N–H and O–H groups in total. The van der Waals surface area contributed by atoms with Crippen LogP contribution < -0.4 is 0 Å². The SMILES string of the molecule is O=C(Cn1cc(S(=O)(=O)c2ccc(Cl)cc2)c2ccccc21)N1CCCCCC1. The van der Waals surface area contributed by atoms with Crippen molar-refractivity contribution in [2.75, 3.05) is 13.1 Å². The lowest BCUT2D eigenvalue weighted by Crippen LogP contribution is -2.34. The van der Waals surface area contributed by atoms with Gasteiger partial charge in [0, 0.05) is 35.2 Å². The number of hydrogen-bond donors (Lipinski definition) is 0. The van der Waals surface area contributed by atoms with E-state index in [9.17, 15) is 13.2 Å². The van der Waals surface area contributed by atoms with Gasteiger partial charge in [-0.3, -0.25) is 4.79 Å². The highest BCUT2D eigenvalue weighted by Crippen LogP contribution is 2.31. The van der Waals surface area contributed by atoms with Crippen LogP contribution >= 0.6 is 11.6 Å². The van der Waals surface area contributed by atoms with Gasteiger partial charge in [0.05, 0.1) is 9.79 Å². The second-order valence-electron chi connectivity index (χ2n) is 7.39. The number of halogens is 1. The van der Waals surface area contributed by atoms with Crippen LogP contribution in [-0.2, 0) is 21.2 Å². The summed E-state index contributed by atoms with van der Waals surface area (Å²) >= 11 is 5.91. The van der Waals surface area contributed by atoms with Crippen molar-refractivity contribution in [3.63, 3.8) is 0 Å². The number of rotatable bonds is 4. The molecule has 1 fully saturated rings. The van der Waals surface area contributed by atoms with E-state index in [1.54, 1.807) is 29.0 Å². The van der Waals surface area contributed by atoms with E-state index in [1.807, 2.05) is 23.1 Å². The Bertz CT molecular complexity index is 1130. The number of hydrogen-bond acceptors (Lipinski definition) is 3. The van der Waals surface area contributed by atoms with Gasteiger partial charge in [-0.25, -0.2) is 8.42 Å². The number of sulfone groups is 1. The first kappa shape index (κ1) is 20.0. The molecule has 3 aromatic rings. The van der Waals surface area contributed by atoms with E-state index in [0.29, 0.717) is 10.4 Å². The first-order chi connectivity index (χ1) is 14.0. The third-order valence-electron chi connectivity index (χ3n) is 5.43. The number of carbonyl (C=O) groups excluding carboxylic acids is 1. The number of aromatic nitrogens is 1. The minimum absolute atomic E-state index is 0.0306. The Morgan fingerprint density at radius 3 is 2.28 bits per heavy atom. The Morgan fingerprint density at radius 2 is 1.59 bits per heavy atom. The van der Waals surface area contributed by atoms with Gasteiger partial charge in [0.2, 0.25) is 15.7 Å². The van der Waals surface area contributed by atoms with Gasteiger partial charge in [-0.15, -0.1) is 0 Å². The molecule has 2 aromatic carbocycles. The van der Waals surface area contributed by atoms with Gasteiger partial charge in [0.25, 0.3) is 0 Å². The molecule has 2 heterocycles. The van der Waals surface area contributed by atoms with Gasteiger partial charge in [-0.2, -0.15) is 0 Å². The molecule has 0 radical (unpaired) electrons. The molecule has 5 nitrogen and oxygen atoms in total. The summed E-state index contributed by atoms with van der Waals surface area (Å²) in [5.41, 5.74) is 0.739. The third-order valence-corrected chi connectivity index (χ3v) is 7.48. The Balaban J connectivity index is 1.72. The van der Waals surface area contributed by atoms with E-state index in [0.717, 1.165) is 44.3 Å². The Labute approximate surface area is 175 Å². The van der Waals surface area contributed by atoms with Crippen molar-refractivity contribution in [3.8, 4) is 0 Å².